The van der Waals surface area contributed by atoms with Gasteiger partial charge < -0.3 is 16.0 Å². The third-order valence-electron chi connectivity index (χ3n) is 5.90. The van der Waals surface area contributed by atoms with E-state index in [1.165, 1.54) is 12.3 Å². The van der Waals surface area contributed by atoms with Crippen LogP contribution in [0.4, 0.5) is 31.9 Å². The predicted octanol–water partition coefficient (Wildman–Crippen LogP) is 4.16. The summed E-state index contributed by atoms with van der Waals surface area (Å²) >= 11 is 0. The maximum atomic E-state index is 15.0. The number of fused-ring (bicyclic) bond motifs is 1. The first kappa shape index (κ1) is 24.2. The number of nitrogens with zero attached hydrogens (tertiary/aromatic N) is 5. The van der Waals surface area contributed by atoms with E-state index in [1.807, 2.05) is 17.0 Å². The third-order valence-corrected chi connectivity index (χ3v) is 5.90. The van der Waals surface area contributed by atoms with Gasteiger partial charge >= 0.3 is 0 Å². The Bertz CT molecular complexity index is 1440. The van der Waals surface area contributed by atoms with Crippen molar-refractivity contribution in [2.24, 2.45) is 0 Å². The minimum absolute atomic E-state index is 0.192. The predicted molar refractivity (Wildman–Crippen MR) is 139 cm³/mol. The molecule has 3 N–H and O–H groups in total. The molecule has 3 aromatic heterocycles. The van der Waals surface area contributed by atoms with Crippen molar-refractivity contribution in [1.82, 2.24) is 24.8 Å². The zero-order valence-electron chi connectivity index (χ0n) is 19.8. The summed E-state index contributed by atoms with van der Waals surface area (Å²) in [6, 6.07) is 10.0. The van der Waals surface area contributed by atoms with Gasteiger partial charge in [0.05, 0.1) is 34.7 Å². The molecule has 1 saturated heterocycles. The van der Waals surface area contributed by atoms with Crippen molar-refractivity contribution >= 4 is 40.0 Å². The summed E-state index contributed by atoms with van der Waals surface area (Å²) in [6.07, 6.45) is 5.88. The number of hydrogen-bond donors (Lipinski definition) is 3. The van der Waals surface area contributed by atoms with Gasteiger partial charge in [-0.15, -0.1) is 0 Å². The van der Waals surface area contributed by atoms with Crippen LogP contribution in [0.1, 0.15) is 0 Å². The Morgan fingerprint density at radius 2 is 1.97 bits per heavy atom. The molecule has 1 aromatic carbocycles. The van der Waals surface area contributed by atoms with Crippen molar-refractivity contribution in [3.63, 3.8) is 0 Å². The second-order valence-electron chi connectivity index (χ2n) is 8.52. The van der Waals surface area contributed by atoms with Crippen LogP contribution >= 0.6 is 0 Å². The standard InChI is InChI=1S/C26H24F2N8O/c1-2-23(37)33-17-7-9-29-21(11-17)24-20(28)5-3-16-12-31-26(35-25(16)24)34-18-4-6-22(30-13-18)32-19-14-36(15-19)10-8-27/h2-7,9,11-13,19H,1,8,10,14-15H2,(H,30,32)(H,29,33,37)(H,31,34,35). The molecule has 0 saturated carbocycles. The summed E-state index contributed by atoms with van der Waals surface area (Å²) in [5.74, 6) is 0.0909. The molecule has 1 aliphatic heterocycles. The van der Waals surface area contributed by atoms with E-state index in [1.54, 1.807) is 30.6 Å². The molecule has 9 nitrogen and oxygen atoms in total. The first-order valence-corrected chi connectivity index (χ1v) is 11.7. The number of carbonyl (C=O) groups excluding carboxylic acids is 1. The number of hydrogen-bond acceptors (Lipinski definition) is 8. The van der Waals surface area contributed by atoms with Crippen molar-refractivity contribution in [3.8, 4) is 11.3 Å². The Balaban J connectivity index is 1.36. The van der Waals surface area contributed by atoms with Crippen LogP contribution in [0.2, 0.25) is 0 Å². The Hall–Kier alpha value is -4.51. The van der Waals surface area contributed by atoms with Crippen molar-refractivity contribution in [2.45, 2.75) is 6.04 Å². The number of halogens is 2. The number of anilines is 4. The largest absolute Gasteiger partial charge is 0.365 e. The fourth-order valence-electron chi connectivity index (χ4n) is 4.07. The lowest BCUT2D eigenvalue weighted by Gasteiger charge is -2.39. The molecular weight excluding hydrogens is 478 g/mol. The molecule has 0 radical (unpaired) electrons. The maximum absolute atomic E-state index is 15.0. The van der Waals surface area contributed by atoms with Gasteiger partial charge in [-0.2, -0.15) is 0 Å². The number of benzene rings is 1. The van der Waals surface area contributed by atoms with Crippen LogP contribution in [0.25, 0.3) is 22.2 Å². The summed E-state index contributed by atoms with van der Waals surface area (Å²) in [5, 5.41) is 9.70. The number of carbonyl (C=O) groups is 1. The molecule has 11 heteroatoms. The number of pyridine rings is 2. The molecule has 1 fully saturated rings. The van der Waals surface area contributed by atoms with Crippen molar-refractivity contribution in [2.75, 3.05) is 42.3 Å². The molecule has 0 bridgehead atoms. The first-order valence-electron chi connectivity index (χ1n) is 11.7. The van der Waals surface area contributed by atoms with Gasteiger partial charge in [-0.25, -0.2) is 23.7 Å². The first-order chi connectivity index (χ1) is 18.0. The molecule has 0 spiro atoms. The third kappa shape index (κ3) is 5.51. The number of alkyl halides is 1. The van der Waals surface area contributed by atoms with Crippen LogP contribution in [-0.4, -0.2) is 63.1 Å². The second-order valence-corrected chi connectivity index (χ2v) is 8.52. The van der Waals surface area contributed by atoms with E-state index in [-0.39, 0.29) is 30.1 Å². The van der Waals surface area contributed by atoms with E-state index in [0.29, 0.717) is 40.3 Å². The Morgan fingerprint density at radius 1 is 1.11 bits per heavy atom. The average molecular weight is 503 g/mol. The number of rotatable bonds is 9. The lowest BCUT2D eigenvalue weighted by molar-refractivity contribution is -0.111. The smallest absolute Gasteiger partial charge is 0.247 e. The van der Waals surface area contributed by atoms with E-state index < -0.39 is 5.82 Å². The molecule has 0 unspecified atom stereocenters. The normalized spacial score (nSPS) is 13.7. The van der Waals surface area contributed by atoms with Crippen LogP contribution < -0.4 is 16.0 Å². The monoisotopic (exact) mass is 502 g/mol. The highest BCUT2D eigenvalue weighted by molar-refractivity contribution is 6.00. The molecule has 1 amide bonds. The summed E-state index contributed by atoms with van der Waals surface area (Å²) in [5.41, 5.74) is 1.98. The summed E-state index contributed by atoms with van der Waals surface area (Å²) in [7, 11) is 0. The Labute approximate surface area is 211 Å². The molecule has 4 aromatic rings. The zero-order chi connectivity index (χ0) is 25.8. The van der Waals surface area contributed by atoms with Gasteiger partial charge in [0.15, 0.2) is 0 Å². The molecule has 0 atom stereocenters. The average Bonchev–Trinajstić information content (AvgIpc) is 2.88. The lowest BCUT2D eigenvalue weighted by atomic mass is 10.1. The summed E-state index contributed by atoms with van der Waals surface area (Å²) in [6.45, 7) is 5.12. The quantitative estimate of drug-likeness (QED) is 0.293. The van der Waals surface area contributed by atoms with Crippen molar-refractivity contribution in [1.29, 1.82) is 0 Å². The van der Waals surface area contributed by atoms with E-state index in [9.17, 15) is 9.18 Å². The molecular formula is C26H24F2N8O. The Morgan fingerprint density at radius 3 is 2.73 bits per heavy atom. The fraction of sp³-hybridized carbons (Fsp3) is 0.192. The van der Waals surface area contributed by atoms with Gasteiger partial charge in [0.25, 0.3) is 0 Å². The highest BCUT2D eigenvalue weighted by atomic mass is 19.1. The molecule has 188 valence electrons. The highest BCUT2D eigenvalue weighted by Crippen LogP contribution is 2.31. The molecule has 5 rings (SSSR count). The van der Waals surface area contributed by atoms with E-state index in [0.717, 1.165) is 19.2 Å². The van der Waals surface area contributed by atoms with E-state index >= 15 is 4.39 Å². The SMILES string of the molecule is C=CC(=O)Nc1ccnc(-c2c(F)ccc3cnc(Nc4ccc(NC5CN(CCF)C5)nc4)nc23)c1. The highest BCUT2D eigenvalue weighted by Gasteiger charge is 2.26. The maximum Gasteiger partial charge on any atom is 0.247 e. The van der Waals surface area contributed by atoms with E-state index in [4.69, 9.17) is 0 Å². The number of nitrogens with one attached hydrogen (secondary N) is 3. The van der Waals surface area contributed by atoms with Crippen LogP contribution in [0, 0.1) is 5.82 Å². The number of likely N-dealkylation sites (tertiary alicyclic amines) is 1. The van der Waals surface area contributed by atoms with Crippen LogP contribution in [0.5, 0.6) is 0 Å². The van der Waals surface area contributed by atoms with Crippen LogP contribution in [0.3, 0.4) is 0 Å². The topological polar surface area (TPSA) is 108 Å². The number of aromatic nitrogens is 4. The van der Waals surface area contributed by atoms with Gasteiger partial charge in [0.2, 0.25) is 11.9 Å². The molecule has 1 aliphatic rings. The molecule has 37 heavy (non-hydrogen) atoms. The van der Waals surface area contributed by atoms with Gasteiger partial charge in [-0.3, -0.25) is 14.7 Å². The second kappa shape index (κ2) is 10.6. The van der Waals surface area contributed by atoms with Gasteiger partial charge in [-0.1, -0.05) is 6.58 Å². The Kier molecular flexibility index (Phi) is 6.95. The van der Waals surface area contributed by atoms with Crippen molar-refractivity contribution in [3.05, 3.63) is 73.5 Å². The van der Waals surface area contributed by atoms with Gasteiger partial charge in [0.1, 0.15) is 18.3 Å². The van der Waals surface area contributed by atoms with Crippen molar-refractivity contribution < 1.29 is 13.6 Å². The molecule has 4 heterocycles. The number of amides is 1. The van der Waals surface area contributed by atoms with Gasteiger partial charge in [-0.05, 0) is 42.5 Å². The van der Waals surface area contributed by atoms with Crippen LogP contribution in [-0.2, 0) is 4.79 Å². The summed E-state index contributed by atoms with van der Waals surface area (Å²) in [4.78, 5) is 31.3. The zero-order valence-corrected chi connectivity index (χ0v) is 19.8. The van der Waals surface area contributed by atoms with Crippen LogP contribution in [0.15, 0.2) is 67.6 Å². The fourth-order valence-corrected chi connectivity index (χ4v) is 4.07. The van der Waals surface area contributed by atoms with E-state index in [2.05, 4.69) is 42.5 Å². The minimum Gasteiger partial charge on any atom is -0.365 e. The summed E-state index contributed by atoms with van der Waals surface area (Å²) < 4.78 is 27.4. The lowest BCUT2D eigenvalue weighted by Crippen LogP contribution is -2.55. The van der Waals surface area contributed by atoms with Gasteiger partial charge in [0, 0.05) is 43.1 Å². The molecule has 0 aliphatic carbocycles. The minimum atomic E-state index is -0.505.